The van der Waals surface area contributed by atoms with E-state index in [-0.39, 0.29) is 6.61 Å². The highest BCUT2D eigenvalue weighted by Gasteiger charge is 2.16. The van der Waals surface area contributed by atoms with Gasteiger partial charge in [-0.1, -0.05) is 88.8 Å². The molecule has 1 aliphatic carbocycles. The van der Waals surface area contributed by atoms with E-state index in [9.17, 15) is 0 Å². The van der Waals surface area contributed by atoms with Crippen molar-refractivity contribution in [2.75, 3.05) is 13.2 Å². The summed E-state index contributed by atoms with van der Waals surface area (Å²) in [5.74, 6) is 1.60. The number of benzene rings is 1. The van der Waals surface area contributed by atoms with Gasteiger partial charge in [-0.05, 0) is 30.4 Å². The second kappa shape index (κ2) is 12.4. The van der Waals surface area contributed by atoms with Gasteiger partial charge in [-0.25, -0.2) is 0 Å². The molecule has 0 spiro atoms. The third-order valence-corrected chi connectivity index (χ3v) is 5.31. The Morgan fingerprint density at radius 3 is 1.79 bits per heavy atom. The van der Waals surface area contributed by atoms with Gasteiger partial charge in [-0.3, -0.25) is 0 Å². The molecule has 1 aromatic rings. The van der Waals surface area contributed by atoms with Crippen molar-refractivity contribution in [3.63, 3.8) is 0 Å². The molecule has 2 heteroatoms. The van der Waals surface area contributed by atoms with Crippen molar-refractivity contribution in [3.05, 3.63) is 29.8 Å². The lowest BCUT2D eigenvalue weighted by Crippen LogP contribution is -2.07. The molecule has 0 unspecified atom stereocenters. The second-order valence-corrected chi connectivity index (χ2v) is 7.27. The van der Waals surface area contributed by atoms with Crippen molar-refractivity contribution in [3.8, 4) is 5.75 Å². The minimum atomic E-state index is 0.0823. The number of para-hydroxylation sites is 1. The van der Waals surface area contributed by atoms with Gasteiger partial charge < -0.3 is 9.84 Å². The van der Waals surface area contributed by atoms with Crippen LogP contribution in [0.1, 0.15) is 95.0 Å². The molecule has 24 heavy (non-hydrogen) atoms. The molecule has 1 aliphatic rings. The van der Waals surface area contributed by atoms with Crippen molar-refractivity contribution in [1.29, 1.82) is 0 Å². The number of aliphatic hydroxyl groups is 1. The van der Waals surface area contributed by atoms with Gasteiger partial charge in [0.2, 0.25) is 0 Å². The highest BCUT2D eigenvalue weighted by atomic mass is 16.5. The van der Waals surface area contributed by atoms with Gasteiger partial charge in [0.25, 0.3) is 0 Å². The van der Waals surface area contributed by atoms with E-state index in [0.717, 1.165) is 5.75 Å². The van der Waals surface area contributed by atoms with E-state index in [1.807, 2.05) is 6.07 Å². The molecule has 0 aliphatic heterocycles. The number of ether oxygens (including phenoxy) is 1. The number of hydrogen-bond acceptors (Lipinski definition) is 2. The van der Waals surface area contributed by atoms with Crippen molar-refractivity contribution in [2.24, 2.45) is 0 Å². The van der Waals surface area contributed by atoms with Gasteiger partial charge in [0.1, 0.15) is 12.4 Å². The first kappa shape index (κ1) is 19.3. The number of aliphatic hydroxyl groups excluding tert-OH is 1. The first-order valence-corrected chi connectivity index (χ1v) is 10.2. The maximum absolute atomic E-state index is 9.06. The highest BCUT2D eigenvalue weighted by molar-refractivity contribution is 5.36. The van der Waals surface area contributed by atoms with Crippen molar-refractivity contribution < 1.29 is 9.84 Å². The van der Waals surface area contributed by atoms with Crippen LogP contribution in [0.4, 0.5) is 0 Å². The fourth-order valence-electron chi connectivity index (χ4n) is 3.93. The summed E-state index contributed by atoms with van der Waals surface area (Å²) in [4.78, 5) is 0. The Morgan fingerprint density at radius 1 is 0.750 bits per heavy atom. The molecule has 0 bridgehead atoms. The van der Waals surface area contributed by atoms with E-state index in [0.29, 0.717) is 12.5 Å². The Bertz CT molecular complexity index is 416. The van der Waals surface area contributed by atoms with Crippen LogP contribution in [-0.4, -0.2) is 18.3 Å². The molecule has 1 N–H and O–H groups in total. The Kier molecular flexibility index (Phi) is 9.94. The minimum absolute atomic E-state index is 0.0823. The third-order valence-electron chi connectivity index (χ3n) is 5.31. The Balaban J connectivity index is 1.97. The molecule has 2 rings (SSSR count). The quantitative estimate of drug-likeness (QED) is 0.708. The van der Waals surface area contributed by atoms with Crippen LogP contribution in [0.5, 0.6) is 5.75 Å². The maximum atomic E-state index is 9.06. The molecule has 0 radical (unpaired) electrons. The molecule has 0 aromatic heterocycles. The lowest BCUT2D eigenvalue weighted by Gasteiger charge is -2.21. The second-order valence-electron chi connectivity index (χ2n) is 7.27. The van der Waals surface area contributed by atoms with E-state index in [4.69, 9.17) is 9.84 Å². The zero-order valence-electron chi connectivity index (χ0n) is 15.3. The fraction of sp³-hybridized carbons (Fsp3) is 0.727. The summed E-state index contributed by atoms with van der Waals surface area (Å²) in [6.07, 6.45) is 17.9. The summed E-state index contributed by atoms with van der Waals surface area (Å²) < 4.78 is 5.80. The standard InChI is InChI=1S/C22H36O2/c23-18-19-24-22-17-13-12-16-21(22)20-14-10-8-6-4-2-1-3-5-7-9-11-15-20/h12-13,16-17,20,23H,1-11,14-15,18-19H2. The lowest BCUT2D eigenvalue weighted by molar-refractivity contribution is 0.199. The summed E-state index contributed by atoms with van der Waals surface area (Å²) in [5.41, 5.74) is 1.36. The highest BCUT2D eigenvalue weighted by Crippen LogP contribution is 2.34. The van der Waals surface area contributed by atoms with Gasteiger partial charge in [0.05, 0.1) is 6.61 Å². The van der Waals surface area contributed by atoms with E-state index < -0.39 is 0 Å². The molecule has 0 amide bonds. The average molecular weight is 333 g/mol. The third kappa shape index (κ3) is 7.25. The predicted molar refractivity (Wildman–Crippen MR) is 102 cm³/mol. The zero-order valence-corrected chi connectivity index (χ0v) is 15.3. The Morgan fingerprint density at radius 2 is 1.25 bits per heavy atom. The van der Waals surface area contributed by atoms with Crippen LogP contribution in [0.15, 0.2) is 24.3 Å². The van der Waals surface area contributed by atoms with E-state index in [1.54, 1.807) is 0 Å². The van der Waals surface area contributed by atoms with E-state index >= 15 is 0 Å². The number of rotatable bonds is 4. The van der Waals surface area contributed by atoms with Crippen LogP contribution < -0.4 is 4.74 Å². The van der Waals surface area contributed by atoms with Crippen LogP contribution in [0.25, 0.3) is 0 Å². The Hall–Kier alpha value is -1.02. The van der Waals surface area contributed by atoms with Gasteiger partial charge in [0.15, 0.2) is 0 Å². The molecule has 2 nitrogen and oxygen atoms in total. The lowest BCUT2D eigenvalue weighted by atomic mass is 9.87. The van der Waals surface area contributed by atoms with Crippen LogP contribution >= 0.6 is 0 Å². The summed E-state index contributed by atoms with van der Waals surface area (Å²) in [6.45, 7) is 0.475. The Labute approximate surface area is 148 Å². The first-order valence-electron chi connectivity index (χ1n) is 10.2. The molecule has 1 fully saturated rings. The molecule has 136 valence electrons. The van der Waals surface area contributed by atoms with Crippen LogP contribution in [0, 0.1) is 0 Å². The molecule has 0 saturated heterocycles. The van der Waals surface area contributed by atoms with E-state index in [2.05, 4.69) is 18.2 Å². The van der Waals surface area contributed by atoms with Crippen molar-refractivity contribution >= 4 is 0 Å². The molecular formula is C22H36O2. The van der Waals surface area contributed by atoms with Gasteiger partial charge in [-0.15, -0.1) is 0 Å². The molecule has 1 saturated carbocycles. The summed E-state index contributed by atoms with van der Waals surface area (Å²) in [7, 11) is 0. The van der Waals surface area contributed by atoms with Crippen LogP contribution in [0.2, 0.25) is 0 Å². The average Bonchev–Trinajstić information content (AvgIpc) is 2.62. The normalized spacial score (nSPS) is 19.5. The summed E-state index contributed by atoms with van der Waals surface area (Å²) in [5, 5.41) is 9.06. The SMILES string of the molecule is OCCOc1ccccc1C1CCCCCCCCCCCCC1. The molecule has 0 heterocycles. The topological polar surface area (TPSA) is 29.5 Å². The smallest absolute Gasteiger partial charge is 0.122 e. The monoisotopic (exact) mass is 332 g/mol. The first-order chi connectivity index (χ1) is 11.9. The zero-order chi connectivity index (χ0) is 16.9. The molecular weight excluding hydrogens is 296 g/mol. The maximum Gasteiger partial charge on any atom is 0.122 e. The largest absolute Gasteiger partial charge is 0.491 e. The van der Waals surface area contributed by atoms with Crippen molar-refractivity contribution in [1.82, 2.24) is 0 Å². The van der Waals surface area contributed by atoms with E-state index in [1.165, 1.54) is 89.0 Å². The summed E-state index contributed by atoms with van der Waals surface area (Å²) in [6, 6.07) is 8.47. The van der Waals surface area contributed by atoms with Crippen molar-refractivity contribution in [2.45, 2.75) is 89.4 Å². The molecule has 1 aromatic carbocycles. The van der Waals surface area contributed by atoms with Crippen LogP contribution in [0.3, 0.4) is 0 Å². The van der Waals surface area contributed by atoms with Gasteiger partial charge in [0, 0.05) is 0 Å². The summed E-state index contributed by atoms with van der Waals surface area (Å²) >= 11 is 0. The van der Waals surface area contributed by atoms with Crippen LogP contribution in [-0.2, 0) is 0 Å². The minimum Gasteiger partial charge on any atom is -0.491 e. The number of hydrogen-bond donors (Lipinski definition) is 1. The predicted octanol–water partition coefficient (Wildman–Crippen LogP) is 6.23. The van der Waals surface area contributed by atoms with Gasteiger partial charge in [-0.2, -0.15) is 0 Å². The molecule has 0 atom stereocenters. The van der Waals surface area contributed by atoms with Gasteiger partial charge >= 0.3 is 0 Å². The fourth-order valence-corrected chi connectivity index (χ4v) is 3.93.